The van der Waals surface area contributed by atoms with Gasteiger partial charge in [0, 0.05) is 39.2 Å². The fourth-order valence-corrected chi connectivity index (χ4v) is 1.90. The van der Waals surface area contributed by atoms with Crippen molar-refractivity contribution in [1.82, 2.24) is 14.8 Å². The van der Waals surface area contributed by atoms with Crippen LogP contribution in [0.25, 0.3) is 0 Å². The summed E-state index contributed by atoms with van der Waals surface area (Å²) < 4.78 is 1.87. The van der Waals surface area contributed by atoms with E-state index in [1.54, 1.807) is 4.90 Å². The Labute approximate surface area is 115 Å². The average molecular weight is 261 g/mol. The number of nitrogens with zero attached hydrogens (tertiary/aromatic N) is 2. The maximum atomic E-state index is 12.3. The first-order valence-corrected chi connectivity index (χ1v) is 6.36. The number of carbonyl (C=O) groups is 1. The molecule has 0 saturated carbocycles. The molecule has 104 valence electrons. The zero-order valence-electron chi connectivity index (χ0n) is 12.0. The van der Waals surface area contributed by atoms with Gasteiger partial charge in [0.25, 0.3) is 5.91 Å². The Balaban J connectivity index is 2.67. The SMILES string of the molecule is C=CC(CCC(=C)NC)N(C)C(=O)c1ccn(C)c1. The molecule has 4 nitrogen and oxygen atoms in total. The lowest BCUT2D eigenvalue weighted by molar-refractivity contribution is 0.0755. The number of rotatable bonds is 7. The molecular weight excluding hydrogens is 238 g/mol. The van der Waals surface area contributed by atoms with Crippen LogP contribution in [0.1, 0.15) is 23.2 Å². The molecule has 0 aliphatic carbocycles. The summed E-state index contributed by atoms with van der Waals surface area (Å²) in [5.41, 5.74) is 1.66. The molecular formula is C15H23N3O. The van der Waals surface area contributed by atoms with Crippen LogP contribution in [-0.4, -0.2) is 35.5 Å². The van der Waals surface area contributed by atoms with E-state index in [0.717, 1.165) is 18.5 Å². The fourth-order valence-electron chi connectivity index (χ4n) is 1.90. The van der Waals surface area contributed by atoms with Gasteiger partial charge in [-0.25, -0.2) is 0 Å². The Bertz CT molecular complexity index is 462. The number of aryl methyl sites for hydroxylation is 1. The topological polar surface area (TPSA) is 37.3 Å². The Hall–Kier alpha value is -1.97. The molecule has 1 atom stereocenters. The van der Waals surface area contributed by atoms with Gasteiger partial charge in [0.15, 0.2) is 0 Å². The third-order valence-corrected chi connectivity index (χ3v) is 3.26. The van der Waals surface area contributed by atoms with E-state index in [0.29, 0.717) is 5.56 Å². The molecule has 4 heteroatoms. The second-order valence-electron chi connectivity index (χ2n) is 4.68. The zero-order chi connectivity index (χ0) is 14.4. The van der Waals surface area contributed by atoms with Crippen LogP contribution in [0.15, 0.2) is 43.4 Å². The van der Waals surface area contributed by atoms with Crippen LogP contribution >= 0.6 is 0 Å². The molecule has 1 N–H and O–H groups in total. The van der Waals surface area contributed by atoms with Crippen molar-refractivity contribution < 1.29 is 4.79 Å². The number of nitrogens with one attached hydrogen (secondary N) is 1. The summed E-state index contributed by atoms with van der Waals surface area (Å²) in [6, 6.07) is 1.84. The minimum absolute atomic E-state index is 0.0119. The molecule has 0 aliphatic heterocycles. The van der Waals surface area contributed by atoms with Crippen molar-refractivity contribution in [3.05, 3.63) is 49.0 Å². The first-order valence-electron chi connectivity index (χ1n) is 6.36. The van der Waals surface area contributed by atoms with Gasteiger partial charge in [-0.3, -0.25) is 4.79 Å². The Morgan fingerprint density at radius 3 is 2.79 bits per heavy atom. The number of hydrogen-bond acceptors (Lipinski definition) is 2. The number of aromatic nitrogens is 1. The summed E-state index contributed by atoms with van der Waals surface area (Å²) in [5.74, 6) is 0.0144. The van der Waals surface area contributed by atoms with E-state index >= 15 is 0 Å². The highest BCUT2D eigenvalue weighted by atomic mass is 16.2. The molecule has 0 spiro atoms. The van der Waals surface area contributed by atoms with Gasteiger partial charge < -0.3 is 14.8 Å². The van der Waals surface area contributed by atoms with Gasteiger partial charge in [-0.05, 0) is 18.9 Å². The lowest BCUT2D eigenvalue weighted by atomic mass is 10.1. The molecule has 1 rings (SSSR count). The second-order valence-corrected chi connectivity index (χ2v) is 4.68. The van der Waals surface area contributed by atoms with E-state index in [1.165, 1.54) is 0 Å². The van der Waals surface area contributed by atoms with Crippen molar-refractivity contribution in [3.8, 4) is 0 Å². The van der Waals surface area contributed by atoms with E-state index < -0.39 is 0 Å². The average Bonchev–Trinajstić information content (AvgIpc) is 2.84. The first kappa shape index (κ1) is 15.1. The predicted octanol–water partition coefficient (Wildman–Crippen LogP) is 2.17. The van der Waals surface area contributed by atoms with Crippen LogP contribution in [0.3, 0.4) is 0 Å². The highest BCUT2D eigenvalue weighted by Gasteiger charge is 2.19. The highest BCUT2D eigenvalue weighted by Crippen LogP contribution is 2.13. The van der Waals surface area contributed by atoms with Crippen LogP contribution in [0.2, 0.25) is 0 Å². The highest BCUT2D eigenvalue weighted by molar-refractivity contribution is 5.94. The number of carbonyl (C=O) groups excluding carboxylic acids is 1. The molecule has 0 aliphatic rings. The summed E-state index contributed by atoms with van der Waals surface area (Å²) in [6.07, 6.45) is 7.14. The molecule has 19 heavy (non-hydrogen) atoms. The number of amides is 1. The monoisotopic (exact) mass is 261 g/mol. The standard InChI is InChI=1S/C15H23N3O/c1-6-14(8-7-12(2)16-3)18(5)15(19)13-9-10-17(4)11-13/h6,9-11,14,16H,1-2,7-8H2,3-5H3. The molecule has 1 unspecified atom stereocenters. The fraction of sp³-hybridized carbons (Fsp3) is 0.400. The minimum Gasteiger partial charge on any atom is -0.392 e. The van der Waals surface area contributed by atoms with Crippen molar-refractivity contribution in [2.24, 2.45) is 7.05 Å². The molecule has 0 fully saturated rings. The van der Waals surface area contributed by atoms with Crippen LogP contribution in [0.4, 0.5) is 0 Å². The summed E-state index contributed by atoms with van der Waals surface area (Å²) in [5, 5.41) is 3.01. The molecule has 1 heterocycles. The number of likely N-dealkylation sites (N-methyl/N-ethyl adjacent to an activating group) is 1. The van der Waals surface area contributed by atoms with Crippen molar-refractivity contribution in [3.63, 3.8) is 0 Å². The first-order chi connectivity index (χ1) is 8.99. The molecule has 0 saturated heterocycles. The smallest absolute Gasteiger partial charge is 0.255 e. The Morgan fingerprint density at radius 1 is 1.63 bits per heavy atom. The third-order valence-electron chi connectivity index (χ3n) is 3.26. The normalized spacial score (nSPS) is 11.7. The van der Waals surface area contributed by atoms with Crippen LogP contribution in [0.5, 0.6) is 0 Å². The second kappa shape index (κ2) is 6.83. The largest absolute Gasteiger partial charge is 0.392 e. The molecule has 1 aromatic heterocycles. The van der Waals surface area contributed by atoms with Crippen LogP contribution in [-0.2, 0) is 7.05 Å². The number of hydrogen-bond donors (Lipinski definition) is 1. The van der Waals surface area contributed by atoms with Crippen LogP contribution in [0, 0.1) is 0 Å². The molecule has 0 aromatic carbocycles. The van der Waals surface area contributed by atoms with Gasteiger partial charge in [-0.1, -0.05) is 12.7 Å². The molecule has 1 amide bonds. The van der Waals surface area contributed by atoms with Gasteiger partial charge in [0.05, 0.1) is 11.6 Å². The minimum atomic E-state index is 0.0119. The maximum Gasteiger partial charge on any atom is 0.255 e. The lowest BCUT2D eigenvalue weighted by Gasteiger charge is -2.25. The summed E-state index contributed by atoms with van der Waals surface area (Å²) >= 11 is 0. The quantitative estimate of drug-likeness (QED) is 0.764. The summed E-state index contributed by atoms with van der Waals surface area (Å²) in [4.78, 5) is 14.0. The van der Waals surface area contributed by atoms with Gasteiger partial charge in [-0.2, -0.15) is 0 Å². The van der Waals surface area contributed by atoms with Gasteiger partial charge in [-0.15, -0.1) is 6.58 Å². The predicted molar refractivity (Wildman–Crippen MR) is 78.9 cm³/mol. The maximum absolute atomic E-state index is 12.3. The van der Waals surface area contributed by atoms with E-state index in [9.17, 15) is 4.79 Å². The Morgan fingerprint density at radius 2 is 2.32 bits per heavy atom. The summed E-state index contributed by atoms with van der Waals surface area (Å²) in [6.45, 7) is 7.71. The van der Waals surface area contributed by atoms with E-state index in [-0.39, 0.29) is 11.9 Å². The van der Waals surface area contributed by atoms with Crippen molar-refractivity contribution >= 4 is 5.91 Å². The van der Waals surface area contributed by atoms with Crippen LogP contribution < -0.4 is 5.32 Å². The van der Waals surface area contributed by atoms with Gasteiger partial charge in [0.2, 0.25) is 0 Å². The summed E-state index contributed by atoms with van der Waals surface area (Å²) in [7, 11) is 5.56. The van der Waals surface area contributed by atoms with Gasteiger partial charge in [0.1, 0.15) is 0 Å². The van der Waals surface area contributed by atoms with E-state index in [1.807, 2.05) is 50.2 Å². The molecule has 0 radical (unpaired) electrons. The van der Waals surface area contributed by atoms with E-state index in [2.05, 4.69) is 18.5 Å². The van der Waals surface area contributed by atoms with Gasteiger partial charge >= 0.3 is 0 Å². The third kappa shape index (κ3) is 4.02. The number of allylic oxidation sites excluding steroid dienone is 1. The zero-order valence-corrected chi connectivity index (χ0v) is 12.0. The Kier molecular flexibility index (Phi) is 5.42. The molecule has 1 aromatic rings. The molecule has 0 bridgehead atoms. The lowest BCUT2D eigenvalue weighted by Crippen LogP contribution is -2.35. The van der Waals surface area contributed by atoms with Crippen molar-refractivity contribution in [1.29, 1.82) is 0 Å². The van der Waals surface area contributed by atoms with Crippen molar-refractivity contribution in [2.75, 3.05) is 14.1 Å². The van der Waals surface area contributed by atoms with E-state index in [4.69, 9.17) is 0 Å². The van der Waals surface area contributed by atoms with Crippen molar-refractivity contribution in [2.45, 2.75) is 18.9 Å².